The van der Waals surface area contributed by atoms with Crippen LogP contribution in [0.1, 0.15) is 33.6 Å². The summed E-state index contributed by atoms with van der Waals surface area (Å²) in [4.78, 5) is 15.3. The van der Waals surface area contributed by atoms with Crippen molar-refractivity contribution in [1.29, 1.82) is 0 Å². The normalized spacial score (nSPS) is 13.6. The molecule has 0 bridgehead atoms. The van der Waals surface area contributed by atoms with Gasteiger partial charge < -0.3 is 15.5 Å². The van der Waals surface area contributed by atoms with Crippen molar-refractivity contribution >= 4 is 5.91 Å². The molecule has 2 N–H and O–H groups in total. The highest BCUT2D eigenvalue weighted by Crippen LogP contribution is 2.20. The summed E-state index contributed by atoms with van der Waals surface area (Å²) in [5.74, 6) is -0.399. The van der Waals surface area contributed by atoms with E-state index in [1.807, 2.05) is 13.8 Å². The topological polar surface area (TPSA) is 49.6 Å². The van der Waals surface area contributed by atoms with Crippen LogP contribution in [-0.4, -0.2) is 60.6 Å². The van der Waals surface area contributed by atoms with Gasteiger partial charge in [-0.25, -0.2) is 0 Å². The first-order chi connectivity index (χ1) is 9.25. The van der Waals surface area contributed by atoms with Gasteiger partial charge in [-0.15, -0.1) is 0 Å². The lowest BCUT2D eigenvalue weighted by Crippen LogP contribution is -2.47. The smallest absolute Gasteiger partial charge is 0.340 e. The SMILES string of the molecule is CC[C@H](N)C(=O)N(CCN(CC)CC)CCC(F)(F)F. The Balaban J connectivity index is 4.57. The van der Waals surface area contributed by atoms with Crippen LogP contribution < -0.4 is 5.73 Å². The minimum absolute atomic E-state index is 0.282. The van der Waals surface area contributed by atoms with E-state index in [4.69, 9.17) is 5.73 Å². The molecule has 0 aromatic rings. The van der Waals surface area contributed by atoms with Gasteiger partial charge in [-0.1, -0.05) is 20.8 Å². The van der Waals surface area contributed by atoms with E-state index in [9.17, 15) is 18.0 Å². The molecule has 0 aliphatic rings. The van der Waals surface area contributed by atoms with Gasteiger partial charge in [0.05, 0.1) is 12.5 Å². The standard InChI is InChI=1S/C13H26F3N3O/c1-4-11(17)12(20)19(8-7-13(14,15)16)10-9-18(5-2)6-3/h11H,4-10,17H2,1-3H3/t11-/m0/s1. The van der Waals surface area contributed by atoms with Crippen LogP contribution in [-0.2, 0) is 4.79 Å². The minimum Gasteiger partial charge on any atom is -0.340 e. The Kier molecular flexibility index (Phi) is 8.80. The molecule has 0 fully saturated rings. The highest BCUT2D eigenvalue weighted by molar-refractivity contribution is 5.81. The van der Waals surface area contributed by atoms with Crippen LogP contribution >= 0.6 is 0 Å². The molecule has 0 heterocycles. The molecule has 0 saturated heterocycles. The lowest BCUT2D eigenvalue weighted by molar-refractivity contribution is -0.146. The average molecular weight is 297 g/mol. The minimum atomic E-state index is -4.26. The summed E-state index contributed by atoms with van der Waals surface area (Å²) in [7, 11) is 0. The first kappa shape index (κ1) is 19.2. The van der Waals surface area contributed by atoms with Gasteiger partial charge >= 0.3 is 6.18 Å². The number of halogens is 3. The molecule has 7 heteroatoms. The molecule has 0 rings (SSSR count). The lowest BCUT2D eigenvalue weighted by Gasteiger charge is -2.28. The number of alkyl halides is 3. The third-order valence-corrected chi connectivity index (χ3v) is 3.31. The number of nitrogens with zero attached hydrogens (tertiary/aromatic N) is 2. The summed E-state index contributed by atoms with van der Waals surface area (Å²) in [5, 5.41) is 0. The molecule has 120 valence electrons. The summed E-state index contributed by atoms with van der Waals surface area (Å²) in [6.07, 6.45) is -4.83. The van der Waals surface area contributed by atoms with E-state index < -0.39 is 24.5 Å². The van der Waals surface area contributed by atoms with Gasteiger partial charge in [0, 0.05) is 19.6 Å². The van der Waals surface area contributed by atoms with E-state index in [1.54, 1.807) is 6.92 Å². The van der Waals surface area contributed by atoms with E-state index >= 15 is 0 Å². The van der Waals surface area contributed by atoms with Crippen molar-refractivity contribution in [2.24, 2.45) is 5.73 Å². The van der Waals surface area contributed by atoms with Gasteiger partial charge in [-0.3, -0.25) is 4.79 Å². The zero-order valence-electron chi connectivity index (χ0n) is 12.5. The van der Waals surface area contributed by atoms with Crippen LogP contribution in [0.25, 0.3) is 0 Å². The summed E-state index contributed by atoms with van der Waals surface area (Å²) >= 11 is 0. The van der Waals surface area contributed by atoms with Crippen molar-refractivity contribution < 1.29 is 18.0 Å². The Morgan fingerprint density at radius 2 is 1.65 bits per heavy atom. The maximum atomic E-state index is 12.3. The van der Waals surface area contributed by atoms with Gasteiger partial charge in [0.15, 0.2) is 0 Å². The van der Waals surface area contributed by atoms with Crippen LogP contribution in [0, 0.1) is 0 Å². The predicted octanol–water partition coefficient (Wildman–Crippen LogP) is 1.85. The largest absolute Gasteiger partial charge is 0.390 e. The highest BCUT2D eigenvalue weighted by Gasteiger charge is 2.30. The van der Waals surface area contributed by atoms with Gasteiger partial charge in [0.1, 0.15) is 0 Å². The van der Waals surface area contributed by atoms with Gasteiger partial charge in [0.25, 0.3) is 0 Å². The van der Waals surface area contributed by atoms with E-state index in [-0.39, 0.29) is 13.1 Å². The first-order valence-electron chi connectivity index (χ1n) is 7.08. The molecular formula is C13H26F3N3O. The van der Waals surface area contributed by atoms with Crippen LogP contribution in [0.15, 0.2) is 0 Å². The first-order valence-corrected chi connectivity index (χ1v) is 7.08. The molecule has 20 heavy (non-hydrogen) atoms. The van der Waals surface area contributed by atoms with Crippen molar-refractivity contribution in [3.63, 3.8) is 0 Å². The predicted molar refractivity (Wildman–Crippen MR) is 73.3 cm³/mol. The molecule has 4 nitrogen and oxygen atoms in total. The molecule has 0 saturated carbocycles. The van der Waals surface area contributed by atoms with Crippen molar-refractivity contribution in [3.05, 3.63) is 0 Å². The fourth-order valence-corrected chi connectivity index (χ4v) is 1.81. The van der Waals surface area contributed by atoms with Crippen LogP contribution in [0.2, 0.25) is 0 Å². The van der Waals surface area contributed by atoms with E-state index in [0.29, 0.717) is 13.0 Å². The Hall–Kier alpha value is -0.820. The quantitative estimate of drug-likeness (QED) is 0.706. The molecule has 0 unspecified atom stereocenters. The average Bonchev–Trinajstić information content (AvgIpc) is 2.40. The van der Waals surface area contributed by atoms with Crippen LogP contribution in [0.3, 0.4) is 0 Å². The molecule has 1 amide bonds. The Morgan fingerprint density at radius 3 is 2.05 bits per heavy atom. The van der Waals surface area contributed by atoms with E-state index in [2.05, 4.69) is 4.90 Å². The van der Waals surface area contributed by atoms with Crippen LogP contribution in [0.4, 0.5) is 13.2 Å². The van der Waals surface area contributed by atoms with Crippen molar-refractivity contribution in [2.75, 3.05) is 32.7 Å². The summed E-state index contributed by atoms with van der Waals surface area (Å²) < 4.78 is 36.9. The molecule has 0 aliphatic carbocycles. The zero-order valence-corrected chi connectivity index (χ0v) is 12.5. The second-order valence-electron chi connectivity index (χ2n) is 4.73. The van der Waals surface area contributed by atoms with Crippen molar-refractivity contribution in [2.45, 2.75) is 45.8 Å². The van der Waals surface area contributed by atoms with Gasteiger partial charge in [-0.2, -0.15) is 13.2 Å². The molecule has 1 atom stereocenters. The maximum Gasteiger partial charge on any atom is 0.390 e. The Labute approximate surface area is 119 Å². The highest BCUT2D eigenvalue weighted by atomic mass is 19.4. The molecule has 0 radical (unpaired) electrons. The number of likely N-dealkylation sites (N-methyl/N-ethyl adjacent to an activating group) is 1. The zero-order chi connectivity index (χ0) is 15.8. The maximum absolute atomic E-state index is 12.3. The van der Waals surface area contributed by atoms with E-state index in [1.165, 1.54) is 4.90 Å². The second-order valence-corrected chi connectivity index (χ2v) is 4.73. The molecule has 0 aromatic heterocycles. The fraction of sp³-hybridized carbons (Fsp3) is 0.923. The summed E-state index contributed by atoms with van der Waals surface area (Å²) in [6.45, 7) is 7.82. The van der Waals surface area contributed by atoms with Gasteiger partial charge in [0.2, 0.25) is 5.91 Å². The number of hydrogen-bond acceptors (Lipinski definition) is 3. The molecule has 0 spiro atoms. The number of amides is 1. The van der Waals surface area contributed by atoms with Crippen molar-refractivity contribution in [1.82, 2.24) is 9.80 Å². The third kappa shape index (κ3) is 7.69. The number of carbonyl (C=O) groups excluding carboxylic acids is 1. The second kappa shape index (κ2) is 9.18. The number of nitrogens with two attached hydrogens (primary N) is 1. The number of carbonyl (C=O) groups is 1. The lowest BCUT2D eigenvalue weighted by atomic mass is 10.2. The van der Waals surface area contributed by atoms with Crippen LogP contribution in [0.5, 0.6) is 0 Å². The summed E-state index contributed by atoms with van der Waals surface area (Å²) in [5.41, 5.74) is 5.64. The monoisotopic (exact) mass is 297 g/mol. The van der Waals surface area contributed by atoms with Gasteiger partial charge in [-0.05, 0) is 19.5 Å². The molecule has 0 aromatic carbocycles. The third-order valence-electron chi connectivity index (χ3n) is 3.31. The van der Waals surface area contributed by atoms with E-state index in [0.717, 1.165) is 13.1 Å². The molecular weight excluding hydrogens is 271 g/mol. The fourth-order valence-electron chi connectivity index (χ4n) is 1.81. The summed E-state index contributed by atoms with van der Waals surface area (Å²) in [6, 6.07) is -0.722. The Bertz CT molecular complexity index is 281. The number of hydrogen-bond donors (Lipinski definition) is 1. The Morgan fingerprint density at radius 1 is 1.10 bits per heavy atom. The number of rotatable bonds is 9. The molecule has 0 aliphatic heterocycles. The van der Waals surface area contributed by atoms with Crippen molar-refractivity contribution in [3.8, 4) is 0 Å².